The van der Waals surface area contributed by atoms with Crippen molar-refractivity contribution in [2.45, 2.75) is 6.18 Å². The van der Waals surface area contributed by atoms with Crippen LogP contribution < -0.4 is 9.47 Å². The molecule has 0 aliphatic heterocycles. The van der Waals surface area contributed by atoms with Gasteiger partial charge in [-0.1, -0.05) is 24.3 Å². The first-order valence-electron chi connectivity index (χ1n) is 8.89. The van der Waals surface area contributed by atoms with Crippen LogP contribution in [0.15, 0.2) is 78.9 Å². The average molecular weight is 414 g/mol. The second kappa shape index (κ2) is 9.17. The van der Waals surface area contributed by atoms with Gasteiger partial charge in [-0.2, -0.15) is 13.2 Å². The standard InChI is InChI=1S/C23H17F3O4/c24-23(25,26)18-8-6-16(7-9-18)3-2-14-29-19-10-12-20(13-11-19)30-21-5-1-4-17(15-21)22(27)28/h1-13,15H,14H2,(H,27,28). The average Bonchev–Trinajstić information content (AvgIpc) is 2.72. The summed E-state index contributed by atoms with van der Waals surface area (Å²) in [6, 6.07) is 17.8. The van der Waals surface area contributed by atoms with E-state index in [1.165, 1.54) is 24.3 Å². The molecule has 0 atom stereocenters. The van der Waals surface area contributed by atoms with E-state index in [0.717, 1.165) is 12.1 Å². The van der Waals surface area contributed by atoms with Gasteiger partial charge in [-0.3, -0.25) is 0 Å². The van der Waals surface area contributed by atoms with Crippen molar-refractivity contribution in [2.75, 3.05) is 6.61 Å². The van der Waals surface area contributed by atoms with E-state index in [0.29, 0.717) is 22.8 Å². The number of hydrogen-bond acceptors (Lipinski definition) is 3. The topological polar surface area (TPSA) is 55.8 Å². The Bertz CT molecular complexity index is 1020. The van der Waals surface area contributed by atoms with E-state index >= 15 is 0 Å². The van der Waals surface area contributed by atoms with E-state index in [1.807, 2.05) is 0 Å². The minimum Gasteiger partial charge on any atom is -0.490 e. The van der Waals surface area contributed by atoms with E-state index < -0.39 is 17.7 Å². The molecule has 154 valence electrons. The predicted octanol–water partition coefficient (Wildman–Crippen LogP) is 6.29. The van der Waals surface area contributed by atoms with Gasteiger partial charge in [0.1, 0.15) is 23.9 Å². The summed E-state index contributed by atoms with van der Waals surface area (Å²) in [5, 5.41) is 9.01. The molecule has 3 aromatic carbocycles. The first-order chi connectivity index (χ1) is 14.3. The number of aromatic carboxylic acids is 1. The molecule has 0 saturated carbocycles. The van der Waals surface area contributed by atoms with Crippen LogP contribution >= 0.6 is 0 Å². The Labute approximate surface area is 170 Å². The van der Waals surface area contributed by atoms with Crippen LogP contribution in [0.3, 0.4) is 0 Å². The molecule has 0 amide bonds. The molecule has 3 rings (SSSR count). The third-order valence-corrected chi connectivity index (χ3v) is 4.03. The van der Waals surface area contributed by atoms with Crippen LogP contribution in [0.5, 0.6) is 17.2 Å². The lowest BCUT2D eigenvalue weighted by atomic mass is 10.1. The summed E-state index contributed by atoms with van der Waals surface area (Å²) < 4.78 is 48.8. The van der Waals surface area contributed by atoms with Crippen LogP contribution in [0.25, 0.3) is 6.08 Å². The third kappa shape index (κ3) is 5.88. The number of carboxylic acids is 1. The van der Waals surface area contributed by atoms with Crippen molar-refractivity contribution in [3.05, 3.63) is 95.6 Å². The maximum atomic E-state index is 12.5. The van der Waals surface area contributed by atoms with Gasteiger partial charge in [0.2, 0.25) is 0 Å². The summed E-state index contributed by atoms with van der Waals surface area (Å²) in [6.07, 6.45) is -0.974. The number of halogens is 3. The van der Waals surface area contributed by atoms with E-state index in [9.17, 15) is 18.0 Å². The first kappa shape index (κ1) is 21.0. The largest absolute Gasteiger partial charge is 0.490 e. The Kier molecular flexibility index (Phi) is 6.41. The molecule has 0 radical (unpaired) electrons. The van der Waals surface area contributed by atoms with Crippen LogP contribution in [0.2, 0.25) is 0 Å². The fourth-order valence-corrected chi connectivity index (χ4v) is 2.54. The summed E-state index contributed by atoms with van der Waals surface area (Å²) in [4.78, 5) is 11.0. The number of alkyl halides is 3. The maximum Gasteiger partial charge on any atom is 0.416 e. The van der Waals surface area contributed by atoms with E-state index in [2.05, 4.69) is 0 Å². The monoisotopic (exact) mass is 414 g/mol. The van der Waals surface area contributed by atoms with Gasteiger partial charge in [-0.25, -0.2) is 4.79 Å². The van der Waals surface area contributed by atoms with Gasteiger partial charge in [-0.15, -0.1) is 0 Å². The normalized spacial score (nSPS) is 11.4. The van der Waals surface area contributed by atoms with Crippen molar-refractivity contribution in [3.63, 3.8) is 0 Å². The van der Waals surface area contributed by atoms with Crippen molar-refractivity contribution in [3.8, 4) is 17.2 Å². The summed E-state index contributed by atoms with van der Waals surface area (Å²) in [5.41, 5.74) is 0.0825. The summed E-state index contributed by atoms with van der Waals surface area (Å²) in [6.45, 7) is 0.238. The highest BCUT2D eigenvalue weighted by molar-refractivity contribution is 5.88. The van der Waals surface area contributed by atoms with Gasteiger partial charge in [0.25, 0.3) is 0 Å². The highest BCUT2D eigenvalue weighted by Crippen LogP contribution is 2.29. The smallest absolute Gasteiger partial charge is 0.416 e. The molecule has 0 fully saturated rings. The lowest BCUT2D eigenvalue weighted by molar-refractivity contribution is -0.137. The first-order valence-corrected chi connectivity index (χ1v) is 8.89. The molecule has 0 aliphatic carbocycles. The van der Waals surface area contributed by atoms with E-state index in [4.69, 9.17) is 14.6 Å². The number of rotatable bonds is 7. The maximum absolute atomic E-state index is 12.5. The zero-order valence-corrected chi connectivity index (χ0v) is 15.6. The van der Waals surface area contributed by atoms with Crippen LogP contribution in [0.1, 0.15) is 21.5 Å². The van der Waals surface area contributed by atoms with E-state index in [1.54, 1.807) is 48.6 Å². The Balaban J connectivity index is 1.52. The highest BCUT2D eigenvalue weighted by atomic mass is 19.4. The summed E-state index contributed by atoms with van der Waals surface area (Å²) >= 11 is 0. The predicted molar refractivity (Wildman–Crippen MR) is 106 cm³/mol. The van der Waals surface area contributed by atoms with E-state index in [-0.39, 0.29) is 12.2 Å². The molecule has 3 aromatic rings. The molecule has 0 saturated heterocycles. The van der Waals surface area contributed by atoms with Crippen molar-refractivity contribution in [2.24, 2.45) is 0 Å². The molecule has 30 heavy (non-hydrogen) atoms. The molecule has 0 heterocycles. The highest BCUT2D eigenvalue weighted by Gasteiger charge is 2.29. The zero-order chi connectivity index (χ0) is 21.6. The van der Waals surface area contributed by atoms with Crippen LogP contribution in [-0.4, -0.2) is 17.7 Å². The fraction of sp³-hybridized carbons (Fsp3) is 0.0870. The Morgan fingerprint density at radius 2 is 1.57 bits per heavy atom. The number of ether oxygens (including phenoxy) is 2. The van der Waals surface area contributed by atoms with Gasteiger partial charge < -0.3 is 14.6 Å². The molecule has 0 bridgehead atoms. The lowest BCUT2D eigenvalue weighted by Crippen LogP contribution is -2.03. The molecular weight excluding hydrogens is 397 g/mol. The van der Waals surface area contributed by atoms with Gasteiger partial charge in [-0.05, 0) is 66.2 Å². The Hall–Kier alpha value is -3.74. The number of carboxylic acid groups (broad SMARTS) is 1. The Morgan fingerprint density at radius 3 is 2.20 bits per heavy atom. The van der Waals surface area contributed by atoms with Gasteiger partial charge >= 0.3 is 12.1 Å². The molecular formula is C23H17F3O4. The van der Waals surface area contributed by atoms with Crippen molar-refractivity contribution in [1.82, 2.24) is 0 Å². The van der Waals surface area contributed by atoms with Crippen LogP contribution in [0, 0.1) is 0 Å². The number of benzene rings is 3. The van der Waals surface area contributed by atoms with Gasteiger partial charge in [0, 0.05) is 0 Å². The Morgan fingerprint density at radius 1 is 0.900 bits per heavy atom. The molecule has 0 aliphatic rings. The zero-order valence-electron chi connectivity index (χ0n) is 15.6. The second-order valence-electron chi connectivity index (χ2n) is 6.24. The fourth-order valence-electron chi connectivity index (χ4n) is 2.54. The molecule has 1 N–H and O–H groups in total. The second-order valence-corrected chi connectivity index (χ2v) is 6.24. The van der Waals surface area contributed by atoms with Gasteiger partial charge in [0.05, 0.1) is 11.1 Å². The molecule has 0 unspecified atom stereocenters. The van der Waals surface area contributed by atoms with Crippen LogP contribution in [-0.2, 0) is 6.18 Å². The lowest BCUT2D eigenvalue weighted by Gasteiger charge is -2.08. The molecule has 7 heteroatoms. The van der Waals surface area contributed by atoms with Crippen molar-refractivity contribution < 1.29 is 32.5 Å². The summed E-state index contributed by atoms with van der Waals surface area (Å²) in [5.74, 6) is 0.473. The van der Waals surface area contributed by atoms with Crippen molar-refractivity contribution in [1.29, 1.82) is 0 Å². The SMILES string of the molecule is O=C(O)c1cccc(Oc2ccc(OCC=Cc3ccc(C(F)(F)F)cc3)cc2)c1. The molecule has 4 nitrogen and oxygen atoms in total. The van der Waals surface area contributed by atoms with Gasteiger partial charge in [0.15, 0.2) is 0 Å². The minimum absolute atomic E-state index is 0.132. The summed E-state index contributed by atoms with van der Waals surface area (Å²) in [7, 11) is 0. The van der Waals surface area contributed by atoms with Crippen LogP contribution in [0.4, 0.5) is 13.2 Å². The quantitative estimate of drug-likeness (QED) is 0.494. The minimum atomic E-state index is -4.35. The number of hydrogen-bond donors (Lipinski definition) is 1. The number of carbonyl (C=O) groups is 1. The molecule has 0 spiro atoms. The third-order valence-electron chi connectivity index (χ3n) is 4.03. The van der Waals surface area contributed by atoms with Crippen molar-refractivity contribution >= 4 is 12.0 Å². The molecule has 0 aromatic heterocycles.